The molecule has 1 N–H and O–H groups in total. The van der Waals surface area contributed by atoms with Gasteiger partial charge in [0.05, 0.1) is 14.9 Å². The van der Waals surface area contributed by atoms with Crippen LogP contribution in [0, 0.1) is 0 Å². The number of pyridine rings is 1. The number of likely N-dealkylation sites (tertiary alicyclic amines) is 1. The zero-order valence-electron chi connectivity index (χ0n) is 16.4. The van der Waals surface area contributed by atoms with Crippen LogP contribution < -0.4 is 10.1 Å². The second-order valence-corrected chi connectivity index (χ2v) is 8.98. The summed E-state index contributed by atoms with van der Waals surface area (Å²) < 4.78 is 8.46. The third kappa shape index (κ3) is 4.28. The Balaban J connectivity index is 1.26. The van der Waals surface area contributed by atoms with E-state index in [9.17, 15) is 0 Å². The largest absolute Gasteiger partial charge is 0.492 e. The van der Waals surface area contributed by atoms with E-state index in [-0.39, 0.29) is 0 Å². The van der Waals surface area contributed by atoms with E-state index in [0.29, 0.717) is 5.95 Å². The second-order valence-electron chi connectivity index (χ2n) is 7.27. The molecule has 1 saturated heterocycles. The fourth-order valence-corrected chi connectivity index (χ4v) is 4.71. The first-order valence-corrected chi connectivity index (χ1v) is 11.3. The van der Waals surface area contributed by atoms with E-state index in [4.69, 9.17) is 16.3 Å². The van der Waals surface area contributed by atoms with Gasteiger partial charge in [0.15, 0.2) is 5.65 Å². The monoisotopic (exact) mass is 439 g/mol. The summed E-state index contributed by atoms with van der Waals surface area (Å²) >= 11 is 7.62. The molecule has 1 aromatic carbocycles. The van der Waals surface area contributed by atoms with Crippen LogP contribution in [0.4, 0.5) is 11.6 Å². The highest BCUT2D eigenvalue weighted by Gasteiger charge is 2.12. The quantitative estimate of drug-likeness (QED) is 0.421. The molecule has 5 rings (SSSR count). The van der Waals surface area contributed by atoms with Gasteiger partial charge in [0, 0.05) is 12.2 Å². The maximum atomic E-state index is 6.10. The summed E-state index contributed by atoms with van der Waals surface area (Å²) in [4.78, 5) is 8.09. The van der Waals surface area contributed by atoms with Gasteiger partial charge in [0.2, 0.25) is 5.95 Å². The van der Waals surface area contributed by atoms with E-state index in [0.717, 1.165) is 45.1 Å². The van der Waals surface area contributed by atoms with E-state index in [1.165, 1.54) is 37.3 Å². The molecule has 1 aliphatic heterocycles. The van der Waals surface area contributed by atoms with Crippen molar-refractivity contribution in [1.29, 1.82) is 0 Å². The zero-order valence-corrected chi connectivity index (χ0v) is 18.0. The highest BCUT2D eigenvalue weighted by molar-refractivity contribution is 7.19. The van der Waals surface area contributed by atoms with Gasteiger partial charge in [-0.15, -0.1) is 16.4 Å². The predicted molar refractivity (Wildman–Crippen MR) is 122 cm³/mol. The lowest BCUT2D eigenvalue weighted by Gasteiger charge is -2.15. The number of aromatic nitrogens is 3. The van der Waals surface area contributed by atoms with E-state index in [1.807, 2.05) is 59.1 Å². The minimum atomic E-state index is 0.549. The summed E-state index contributed by atoms with van der Waals surface area (Å²) in [6.07, 6.45) is 2.61. The van der Waals surface area contributed by atoms with E-state index in [2.05, 4.69) is 20.3 Å². The molecular formula is C22H22ClN5OS. The molecule has 0 saturated carbocycles. The summed E-state index contributed by atoms with van der Waals surface area (Å²) in [5, 5.41) is 7.91. The standard InChI is InChI=1S/C22H22ClN5OS/c23-20-11-10-19(30-20)18-4-3-5-21-25-22(26-28(18)21)24-16-6-8-17(9-7-16)29-15-14-27-12-1-2-13-27/h3-11H,1-2,12-15H2,(H,24,26). The van der Waals surface area contributed by atoms with Gasteiger partial charge in [-0.2, -0.15) is 4.98 Å². The molecule has 0 spiro atoms. The average molecular weight is 440 g/mol. The Bertz CT molecular complexity index is 1130. The zero-order chi connectivity index (χ0) is 20.3. The summed E-state index contributed by atoms with van der Waals surface area (Å²) in [5.74, 6) is 1.42. The van der Waals surface area contributed by atoms with Crippen molar-refractivity contribution >= 4 is 40.2 Å². The van der Waals surface area contributed by atoms with Gasteiger partial charge in [0.25, 0.3) is 0 Å². The number of rotatable bonds is 7. The molecule has 154 valence electrons. The van der Waals surface area contributed by atoms with Crippen molar-refractivity contribution in [2.24, 2.45) is 0 Å². The molecule has 0 unspecified atom stereocenters. The number of fused-ring (bicyclic) bond motifs is 1. The van der Waals surface area contributed by atoms with Crippen LogP contribution in [0.5, 0.6) is 5.75 Å². The third-order valence-corrected chi connectivity index (χ3v) is 6.42. The second kappa shape index (κ2) is 8.63. The summed E-state index contributed by atoms with van der Waals surface area (Å²) in [6.45, 7) is 4.10. The van der Waals surface area contributed by atoms with Crippen LogP contribution in [0.25, 0.3) is 16.2 Å². The first-order chi connectivity index (χ1) is 14.7. The van der Waals surface area contributed by atoms with Crippen molar-refractivity contribution in [2.75, 3.05) is 31.6 Å². The maximum Gasteiger partial charge on any atom is 0.247 e. The Hall–Kier alpha value is -2.61. The van der Waals surface area contributed by atoms with E-state index < -0.39 is 0 Å². The van der Waals surface area contributed by atoms with Crippen molar-refractivity contribution in [3.8, 4) is 16.3 Å². The summed E-state index contributed by atoms with van der Waals surface area (Å²) in [5.41, 5.74) is 2.66. The number of hydrogen-bond donors (Lipinski definition) is 1. The molecule has 8 heteroatoms. The number of nitrogens with zero attached hydrogens (tertiary/aromatic N) is 4. The topological polar surface area (TPSA) is 54.7 Å². The van der Waals surface area contributed by atoms with Crippen molar-refractivity contribution < 1.29 is 4.74 Å². The number of nitrogens with one attached hydrogen (secondary N) is 1. The van der Waals surface area contributed by atoms with Gasteiger partial charge < -0.3 is 10.1 Å². The Kier molecular flexibility index (Phi) is 5.57. The number of thiophene rings is 1. The number of halogens is 1. The highest BCUT2D eigenvalue weighted by atomic mass is 35.5. The Morgan fingerprint density at radius 2 is 1.87 bits per heavy atom. The van der Waals surface area contributed by atoms with Gasteiger partial charge >= 0.3 is 0 Å². The van der Waals surface area contributed by atoms with Crippen LogP contribution >= 0.6 is 22.9 Å². The Morgan fingerprint density at radius 3 is 2.63 bits per heavy atom. The molecule has 1 fully saturated rings. The average Bonchev–Trinajstić information content (AvgIpc) is 3.50. The molecule has 3 aromatic heterocycles. The van der Waals surface area contributed by atoms with Crippen LogP contribution in [0.3, 0.4) is 0 Å². The lowest BCUT2D eigenvalue weighted by atomic mass is 10.3. The summed E-state index contributed by atoms with van der Waals surface area (Å²) in [6, 6.07) is 17.7. The molecule has 0 atom stereocenters. The predicted octanol–water partition coefficient (Wildman–Crippen LogP) is 5.33. The van der Waals surface area contributed by atoms with E-state index in [1.54, 1.807) is 0 Å². The SMILES string of the molecule is Clc1ccc(-c2cccc3nc(Nc4ccc(OCCN5CCCC5)cc4)nn23)s1. The fraction of sp³-hybridized carbons (Fsp3) is 0.273. The van der Waals surface area contributed by atoms with Gasteiger partial charge in [-0.25, -0.2) is 4.52 Å². The number of hydrogen-bond acceptors (Lipinski definition) is 6. The number of ether oxygens (including phenoxy) is 1. The van der Waals surface area contributed by atoms with Crippen molar-refractivity contribution in [1.82, 2.24) is 19.5 Å². The highest BCUT2D eigenvalue weighted by Crippen LogP contribution is 2.31. The van der Waals surface area contributed by atoms with Crippen molar-refractivity contribution in [3.05, 3.63) is 58.9 Å². The molecule has 0 aliphatic carbocycles. The fourth-order valence-electron chi connectivity index (χ4n) is 3.66. The van der Waals surface area contributed by atoms with Crippen molar-refractivity contribution in [2.45, 2.75) is 12.8 Å². The van der Waals surface area contributed by atoms with Crippen molar-refractivity contribution in [3.63, 3.8) is 0 Å². The molecule has 0 radical (unpaired) electrons. The molecule has 30 heavy (non-hydrogen) atoms. The summed E-state index contributed by atoms with van der Waals surface area (Å²) in [7, 11) is 0. The van der Waals surface area contributed by atoms with E-state index >= 15 is 0 Å². The molecule has 0 amide bonds. The molecule has 4 aromatic rings. The Labute approximate surface area is 184 Å². The first kappa shape index (κ1) is 19.4. The van der Waals surface area contributed by atoms with Crippen LogP contribution in [0.15, 0.2) is 54.6 Å². The van der Waals surface area contributed by atoms with Gasteiger partial charge in [-0.05, 0) is 74.5 Å². The normalized spacial score (nSPS) is 14.4. The third-order valence-electron chi connectivity index (χ3n) is 5.17. The van der Waals surface area contributed by atoms with Crippen LogP contribution in [0.2, 0.25) is 4.34 Å². The smallest absolute Gasteiger partial charge is 0.247 e. The molecule has 0 bridgehead atoms. The maximum absolute atomic E-state index is 6.10. The molecular weight excluding hydrogens is 418 g/mol. The molecule has 1 aliphatic rings. The van der Waals surface area contributed by atoms with Gasteiger partial charge in [-0.1, -0.05) is 17.7 Å². The molecule has 4 heterocycles. The van der Waals surface area contributed by atoms with Crippen LogP contribution in [-0.2, 0) is 0 Å². The minimum absolute atomic E-state index is 0.549. The number of benzene rings is 1. The Morgan fingerprint density at radius 1 is 1.03 bits per heavy atom. The minimum Gasteiger partial charge on any atom is -0.492 e. The lowest BCUT2D eigenvalue weighted by Crippen LogP contribution is -2.25. The lowest BCUT2D eigenvalue weighted by molar-refractivity contribution is 0.238. The first-order valence-electron chi connectivity index (χ1n) is 10.1. The van der Waals surface area contributed by atoms with Gasteiger partial charge in [0.1, 0.15) is 12.4 Å². The van der Waals surface area contributed by atoms with Crippen LogP contribution in [0.1, 0.15) is 12.8 Å². The van der Waals surface area contributed by atoms with Crippen LogP contribution in [-0.4, -0.2) is 45.7 Å². The number of anilines is 2. The van der Waals surface area contributed by atoms with Gasteiger partial charge in [-0.3, -0.25) is 4.90 Å². The molecule has 6 nitrogen and oxygen atoms in total.